The van der Waals surface area contributed by atoms with Gasteiger partial charge in [-0.05, 0) is 31.5 Å². The monoisotopic (exact) mass is 249 g/mol. The Morgan fingerprint density at radius 3 is 2.44 bits per heavy atom. The average molecular weight is 249 g/mol. The number of ether oxygens (including phenoxy) is 1. The van der Waals surface area contributed by atoms with E-state index in [-0.39, 0.29) is 0 Å². The van der Waals surface area contributed by atoms with Crippen molar-refractivity contribution in [1.29, 1.82) is 0 Å². The number of rotatable bonds is 4. The first-order valence-corrected chi connectivity index (χ1v) is 5.79. The van der Waals surface area contributed by atoms with Gasteiger partial charge in [-0.3, -0.25) is 0 Å². The fraction of sp³-hybridized carbons (Fsp3) is 0.385. The second-order valence-electron chi connectivity index (χ2n) is 3.97. The van der Waals surface area contributed by atoms with E-state index in [0.717, 1.165) is 17.0 Å². The van der Waals surface area contributed by atoms with Crippen molar-refractivity contribution in [3.63, 3.8) is 0 Å². The van der Waals surface area contributed by atoms with Crippen molar-refractivity contribution in [2.24, 2.45) is 5.10 Å². The number of anilines is 1. The Morgan fingerprint density at radius 2 is 1.94 bits per heavy atom. The Bertz CT molecular complexity index is 424. The predicted octanol–water partition coefficient (Wildman–Crippen LogP) is 2.22. The van der Waals surface area contributed by atoms with Crippen LogP contribution < -0.4 is 10.3 Å². The molecule has 0 unspecified atom stereocenters. The van der Waals surface area contributed by atoms with Crippen molar-refractivity contribution in [3.8, 4) is 0 Å². The third kappa shape index (κ3) is 4.08. The highest BCUT2D eigenvalue weighted by molar-refractivity contribution is 5.99. The van der Waals surface area contributed by atoms with Crippen LogP contribution in [0.4, 0.5) is 10.5 Å². The van der Waals surface area contributed by atoms with Gasteiger partial charge in [-0.25, -0.2) is 10.2 Å². The summed E-state index contributed by atoms with van der Waals surface area (Å²) >= 11 is 0. The zero-order valence-electron chi connectivity index (χ0n) is 11.2. The maximum atomic E-state index is 11.1. The van der Waals surface area contributed by atoms with Gasteiger partial charge in [0.1, 0.15) is 0 Å². The lowest BCUT2D eigenvalue weighted by atomic mass is 10.1. The minimum absolute atomic E-state index is 0.331. The zero-order chi connectivity index (χ0) is 13.5. The lowest BCUT2D eigenvalue weighted by Gasteiger charge is -2.12. The number of nitrogens with one attached hydrogen (secondary N) is 1. The number of carbonyl (C=O) groups is 1. The quantitative estimate of drug-likeness (QED) is 0.657. The number of hydrogen-bond acceptors (Lipinski definition) is 4. The first-order valence-electron chi connectivity index (χ1n) is 5.79. The van der Waals surface area contributed by atoms with Crippen molar-refractivity contribution in [3.05, 3.63) is 29.8 Å². The molecule has 0 spiro atoms. The molecule has 0 saturated carbocycles. The summed E-state index contributed by atoms with van der Waals surface area (Å²) in [6.45, 7) is 3.91. The number of carbonyl (C=O) groups excluding carboxylic acids is 1. The summed E-state index contributed by atoms with van der Waals surface area (Å²) < 4.78 is 4.71. The van der Waals surface area contributed by atoms with Crippen molar-refractivity contribution in [2.75, 3.05) is 25.6 Å². The highest BCUT2D eigenvalue weighted by Crippen LogP contribution is 2.12. The number of benzene rings is 1. The van der Waals surface area contributed by atoms with E-state index >= 15 is 0 Å². The van der Waals surface area contributed by atoms with Gasteiger partial charge in [0.2, 0.25) is 0 Å². The van der Waals surface area contributed by atoms with Gasteiger partial charge in [0.15, 0.2) is 0 Å². The Balaban J connectivity index is 2.68. The van der Waals surface area contributed by atoms with Crippen LogP contribution in [0, 0.1) is 0 Å². The molecule has 0 aliphatic rings. The summed E-state index contributed by atoms with van der Waals surface area (Å²) in [5, 5.41) is 3.97. The summed E-state index contributed by atoms with van der Waals surface area (Å²) in [4.78, 5) is 13.1. The van der Waals surface area contributed by atoms with Gasteiger partial charge in [-0.15, -0.1) is 0 Å². The molecule has 1 aromatic carbocycles. The van der Waals surface area contributed by atoms with E-state index in [1.54, 1.807) is 6.92 Å². The lowest BCUT2D eigenvalue weighted by molar-refractivity contribution is 0.152. The highest BCUT2D eigenvalue weighted by atomic mass is 16.5. The van der Waals surface area contributed by atoms with E-state index in [1.807, 2.05) is 50.2 Å². The third-order valence-corrected chi connectivity index (χ3v) is 2.39. The van der Waals surface area contributed by atoms with Crippen LogP contribution in [0.25, 0.3) is 0 Å². The summed E-state index contributed by atoms with van der Waals surface area (Å²) in [7, 11) is 3.97. The maximum absolute atomic E-state index is 11.1. The van der Waals surface area contributed by atoms with Gasteiger partial charge < -0.3 is 9.64 Å². The topological polar surface area (TPSA) is 53.9 Å². The van der Waals surface area contributed by atoms with Crippen molar-refractivity contribution in [1.82, 2.24) is 5.43 Å². The van der Waals surface area contributed by atoms with Gasteiger partial charge in [0.25, 0.3) is 0 Å². The first kappa shape index (κ1) is 14.0. The van der Waals surface area contributed by atoms with E-state index in [0.29, 0.717) is 6.61 Å². The molecule has 0 heterocycles. The molecule has 0 radical (unpaired) electrons. The SMILES string of the molecule is CCOC(=O)N/N=C(/C)c1ccc(N(C)C)cc1. The van der Waals surface area contributed by atoms with E-state index in [1.165, 1.54) is 0 Å². The molecule has 1 amide bonds. The van der Waals surface area contributed by atoms with Gasteiger partial charge in [-0.1, -0.05) is 12.1 Å². The summed E-state index contributed by atoms with van der Waals surface area (Å²) in [5.41, 5.74) is 5.14. The Labute approximate surface area is 107 Å². The molecule has 0 bridgehead atoms. The maximum Gasteiger partial charge on any atom is 0.427 e. The van der Waals surface area contributed by atoms with Crippen molar-refractivity contribution in [2.45, 2.75) is 13.8 Å². The minimum atomic E-state index is -0.540. The molecule has 0 aliphatic heterocycles. The van der Waals surface area contributed by atoms with Crippen LogP contribution in [0.5, 0.6) is 0 Å². The molecule has 18 heavy (non-hydrogen) atoms. The van der Waals surface area contributed by atoms with Crippen molar-refractivity contribution >= 4 is 17.5 Å². The van der Waals surface area contributed by atoms with Gasteiger partial charge in [0, 0.05) is 19.8 Å². The molecule has 0 atom stereocenters. The lowest BCUT2D eigenvalue weighted by Crippen LogP contribution is -2.20. The van der Waals surface area contributed by atoms with Crippen LogP contribution >= 0.6 is 0 Å². The highest BCUT2D eigenvalue weighted by Gasteiger charge is 2.01. The Kier molecular flexibility index (Phi) is 5.17. The molecule has 0 saturated heterocycles. The molecule has 0 fully saturated rings. The standard InChI is InChI=1S/C13H19N3O2/c1-5-18-13(17)15-14-10(2)11-6-8-12(9-7-11)16(3)4/h6-9H,5H2,1-4H3,(H,15,17)/b14-10-. The van der Waals surface area contributed by atoms with Crippen LogP contribution in [0.1, 0.15) is 19.4 Å². The summed E-state index contributed by atoms with van der Waals surface area (Å²) in [5.74, 6) is 0. The van der Waals surface area contributed by atoms with E-state index in [9.17, 15) is 4.79 Å². The van der Waals surface area contributed by atoms with E-state index in [4.69, 9.17) is 4.74 Å². The first-order chi connectivity index (χ1) is 8.54. The second kappa shape index (κ2) is 6.64. The normalized spacial score (nSPS) is 11.0. The van der Waals surface area contributed by atoms with Crippen molar-refractivity contribution < 1.29 is 9.53 Å². The molecular weight excluding hydrogens is 230 g/mol. The average Bonchev–Trinajstić information content (AvgIpc) is 2.36. The van der Waals surface area contributed by atoms with Crippen LogP contribution in [-0.4, -0.2) is 32.5 Å². The van der Waals surface area contributed by atoms with Crippen LogP contribution in [-0.2, 0) is 4.74 Å². The number of amides is 1. The number of hydrazone groups is 1. The minimum Gasteiger partial charge on any atom is -0.449 e. The fourth-order valence-electron chi connectivity index (χ4n) is 1.36. The second-order valence-corrected chi connectivity index (χ2v) is 3.97. The Morgan fingerprint density at radius 1 is 1.33 bits per heavy atom. The van der Waals surface area contributed by atoms with Crippen LogP contribution in [0.3, 0.4) is 0 Å². The molecule has 0 aromatic heterocycles. The largest absolute Gasteiger partial charge is 0.449 e. The predicted molar refractivity (Wildman–Crippen MR) is 73.1 cm³/mol. The van der Waals surface area contributed by atoms with E-state index in [2.05, 4.69) is 10.5 Å². The third-order valence-electron chi connectivity index (χ3n) is 2.39. The number of nitrogens with zero attached hydrogens (tertiary/aromatic N) is 2. The summed E-state index contributed by atoms with van der Waals surface area (Å²) in [6, 6.07) is 7.92. The fourth-order valence-corrected chi connectivity index (χ4v) is 1.36. The van der Waals surface area contributed by atoms with Crippen LogP contribution in [0.2, 0.25) is 0 Å². The molecule has 1 N–H and O–H groups in total. The van der Waals surface area contributed by atoms with E-state index < -0.39 is 6.09 Å². The van der Waals surface area contributed by atoms with Gasteiger partial charge >= 0.3 is 6.09 Å². The molecule has 5 nitrogen and oxygen atoms in total. The molecule has 1 rings (SSSR count). The van der Waals surface area contributed by atoms with Gasteiger partial charge in [-0.2, -0.15) is 5.10 Å². The molecule has 98 valence electrons. The smallest absolute Gasteiger partial charge is 0.427 e. The summed E-state index contributed by atoms with van der Waals surface area (Å²) in [6.07, 6.45) is -0.540. The Hall–Kier alpha value is -2.04. The molecule has 1 aromatic rings. The van der Waals surface area contributed by atoms with Crippen LogP contribution in [0.15, 0.2) is 29.4 Å². The zero-order valence-corrected chi connectivity index (χ0v) is 11.2. The molecular formula is C13H19N3O2. The molecule has 5 heteroatoms. The van der Waals surface area contributed by atoms with Gasteiger partial charge in [0.05, 0.1) is 12.3 Å². The number of hydrogen-bond donors (Lipinski definition) is 1. The molecule has 0 aliphatic carbocycles.